The summed E-state index contributed by atoms with van der Waals surface area (Å²) in [6, 6.07) is -0.607. The van der Waals surface area contributed by atoms with Gasteiger partial charge < -0.3 is 15.5 Å². The molecule has 0 aromatic heterocycles. The second-order valence-electron chi connectivity index (χ2n) is 6.29. The predicted octanol–water partition coefficient (Wildman–Crippen LogP) is 3.71. The fourth-order valence-corrected chi connectivity index (χ4v) is 2.45. The van der Waals surface area contributed by atoms with Crippen molar-refractivity contribution >= 4 is 5.91 Å². The van der Waals surface area contributed by atoms with Gasteiger partial charge >= 0.3 is 0 Å². The van der Waals surface area contributed by atoms with E-state index in [-0.39, 0.29) is 12.5 Å². The van der Waals surface area contributed by atoms with Crippen LogP contribution in [0.2, 0.25) is 0 Å². The lowest BCUT2D eigenvalue weighted by molar-refractivity contribution is -0.123. The third kappa shape index (κ3) is 13.3. The first-order valence-electron chi connectivity index (χ1n) is 9.40. The number of amides is 1. The molecule has 0 aliphatic rings. The van der Waals surface area contributed by atoms with Gasteiger partial charge in [0.15, 0.2) is 0 Å². The largest absolute Gasteiger partial charge is 0.394 e. The number of carbonyl (C=O) groups is 1. The Morgan fingerprint density at radius 1 is 1.00 bits per heavy atom. The molecule has 4 heteroatoms. The summed E-state index contributed by atoms with van der Waals surface area (Å²) in [4.78, 5) is 11.9. The first kappa shape index (κ1) is 22.1. The minimum absolute atomic E-state index is 0.0846. The normalized spacial score (nSPS) is 14.1. The van der Waals surface area contributed by atoms with Crippen LogP contribution in [0.25, 0.3) is 0 Å². The number of hydrogen-bond acceptors (Lipinski definition) is 3. The van der Waals surface area contributed by atoms with Crippen molar-refractivity contribution in [2.45, 2.75) is 96.6 Å². The highest BCUT2D eigenvalue weighted by atomic mass is 16.3. The summed E-state index contributed by atoms with van der Waals surface area (Å²) in [7, 11) is 0. The summed E-state index contributed by atoms with van der Waals surface area (Å²) in [5.41, 5.74) is 0. The molecule has 0 aromatic rings. The number of carbonyl (C=O) groups excluding carboxylic acids is 1. The van der Waals surface area contributed by atoms with Crippen LogP contribution in [-0.2, 0) is 4.79 Å². The van der Waals surface area contributed by atoms with E-state index in [4.69, 9.17) is 0 Å². The topological polar surface area (TPSA) is 69.6 Å². The van der Waals surface area contributed by atoms with E-state index in [1.54, 1.807) is 6.08 Å². The van der Waals surface area contributed by atoms with Gasteiger partial charge in [-0.25, -0.2) is 0 Å². The lowest BCUT2D eigenvalue weighted by Gasteiger charge is -2.19. The Bertz CT molecular complexity index is 305. The molecular formula is C19H37NO3. The van der Waals surface area contributed by atoms with Crippen LogP contribution in [0.15, 0.2) is 12.2 Å². The molecule has 0 spiro atoms. The third-order valence-corrected chi connectivity index (χ3v) is 4.02. The van der Waals surface area contributed by atoms with E-state index in [2.05, 4.69) is 19.2 Å². The zero-order chi connectivity index (χ0) is 17.3. The molecule has 0 heterocycles. The zero-order valence-corrected chi connectivity index (χ0v) is 15.1. The molecular weight excluding hydrogens is 290 g/mol. The zero-order valence-electron chi connectivity index (χ0n) is 15.1. The summed E-state index contributed by atoms with van der Waals surface area (Å²) in [5.74, 6) is -0.0846. The van der Waals surface area contributed by atoms with Crippen molar-refractivity contribution in [1.82, 2.24) is 5.32 Å². The average molecular weight is 328 g/mol. The van der Waals surface area contributed by atoms with Gasteiger partial charge in [0.2, 0.25) is 5.91 Å². The second kappa shape index (κ2) is 16.0. The SMILES string of the molecule is CCCC/C=C/C(O)C(CO)NC(=O)CCCCCCCCC. The number of unbranched alkanes of at least 4 members (excludes halogenated alkanes) is 8. The Morgan fingerprint density at radius 2 is 1.61 bits per heavy atom. The standard InChI is InChI=1S/C19H37NO3/c1-3-5-7-9-10-11-13-15-19(23)20-17(16-21)18(22)14-12-8-6-4-2/h12,14,17-18,21-22H,3-11,13,15-16H2,1-2H3,(H,20,23)/b14-12+. The molecule has 136 valence electrons. The maximum Gasteiger partial charge on any atom is 0.220 e. The van der Waals surface area contributed by atoms with Crippen LogP contribution in [-0.4, -0.2) is 34.9 Å². The van der Waals surface area contributed by atoms with E-state index in [0.717, 1.165) is 32.1 Å². The van der Waals surface area contributed by atoms with Crippen molar-refractivity contribution in [3.8, 4) is 0 Å². The van der Waals surface area contributed by atoms with Gasteiger partial charge in [0.05, 0.1) is 18.8 Å². The van der Waals surface area contributed by atoms with Crippen LogP contribution in [0, 0.1) is 0 Å². The lowest BCUT2D eigenvalue weighted by Crippen LogP contribution is -2.45. The van der Waals surface area contributed by atoms with Crippen LogP contribution in [0.4, 0.5) is 0 Å². The van der Waals surface area contributed by atoms with E-state index in [1.165, 1.54) is 32.1 Å². The van der Waals surface area contributed by atoms with Gasteiger partial charge in [0.1, 0.15) is 0 Å². The van der Waals surface area contributed by atoms with Crippen molar-refractivity contribution in [1.29, 1.82) is 0 Å². The monoisotopic (exact) mass is 327 g/mol. The molecule has 23 heavy (non-hydrogen) atoms. The number of nitrogens with one attached hydrogen (secondary N) is 1. The molecule has 0 saturated heterocycles. The molecule has 2 unspecified atom stereocenters. The second-order valence-corrected chi connectivity index (χ2v) is 6.29. The number of allylic oxidation sites excluding steroid dienone is 1. The van der Waals surface area contributed by atoms with Gasteiger partial charge in [0, 0.05) is 6.42 Å². The number of aliphatic hydroxyl groups is 2. The first-order chi connectivity index (χ1) is 11.2. The van der Waals surface area contributed by atoms with E-state index in [0.29, 0.717) is 6.42 Å². The lowest BCUT2D eigenvalue weighted by atomic mass is 10.1. The smallest absolute Gasteiger partial charge is 0.220 e. The highest BCUT2D eigenvalue weighted by Gasteiger charge is 2.17. The van der Waals surface area contributed by atoms with Gasteiger partial charge in [-0.05, 0) is 12.8 Å². The molecule has 0 aliphatic carbocycles. The molecule has 1 amide bonds. The Balaban J connectivity index is 3.84. The molecule has 0 bridgehead atoms. The summed E-state index contributed by atoms with van der Waals surface area (Å²) in [6.07, 6.45) is 14.5. The average Bonchev–Trinajstić information content (AvgIpc) is 2.55. The summed E-state index contributed by atoms with van der Waals surface area (Å²) in [5, 5.41) is 22.0. The number of aliphatic hydroxyl groups excluding tert-OH is 2. The Labute approximate surface area is 142 Å². The van der Waals surface area contributed by atoms with Crippen molar-refractivity contribution in [3.63, 3.8) is 0 Å². The quantitative estimate of drug-likeness (QED) is 0.317. The van der Waals surface area contributed by atoms with Crippen molar-refractivity contribution in [2.75, 3.05) is 6.61 Å². The highest BCUT2D eigenvalue weighted by molar-refractivity contribution is 5.76. The molecule has 0 radical (unpaired) electrons. The van der Waals surface area contributed by atoms with Crippen LogP contribution in [0.1, 0.15) is 84.5 Å². The fraction of sp³-hybridized carbons (Fsp3) is 0.842. The Hall–Kier alpha value is -0.870. The summed E-state index contributed by atoms with van der Waals surface area (Å²) >= 11 is 0. The van der Waals surface area contributed by atoms with E-state index in [9.17, 15) is 15.0 Å². The molecule has 0 rings (SSSR count). The van der Waals surface area contributed by atoms with E-state index in [1.807, 2.05) is 6.08 Å². The molecule has 0 fully saturated rings. The molecule has 0 saturated carbocycles. The highest BCUT2D eigenvalue weighted by Crippen LogP contribution is 2.08. The van der Waals surface area contributed by atoms with Gasteiger partial charge in [-0.2, -0.15) is 0 Å². The molecule has 2 atom stereocenters. The number of hydrogen-bond donors (Lipinski definition) is 3. The Morgan fingerprint density at radius 3 is 2.22 bits per heavy atom. The Kier molecular flexibility index (Phi) is 15.4. The predicted molar refractivity (Wildman–Crippen MR) is 96.3 cm³/mol. The van der Waals surface area contributed by atoms with Gasteiger partial charge in [-0.1, -0.05) is 77.4 Å². The van der Waals surface area contributed by atoms with Crippen LogP contribution < -0.4 is 5.32 Å². The molecule has 0 aromatic carbocycles. The van der Waals surface area contributed by atoms with E-state index >= 15 is 0 Å². The van der Waals surface area contributed by atoms with Crippen LogP contribution in [0.3, 0.4) is 0 Å². The van der Waals surface area contributed by atoms with Crippen molar-refractivity contribution in [3.05, 3.63) is 12.2 Å². The third-order valence-electron chi connectivity index (χ3n) is 4.02. The summed E-state index contributed by atoms with van der Waals surface area (Å²) < 4.78 is 0. The van der Waals surface area contributed by atoms with E-state index < -0.39 is 12.1 Å². The molecule has 0 aliphatic heterocycles. The van der Waals surface area contributed by atoms with Crippen LogP contribution >= 0.6 is 0 Å². The summed E-state index contributed by atoms with van der Waals surface area (Å²) in [6.45, 7) is 4.07. The minimum atomic E-state index is -0.824. The maximum atomic E-state index is 11.9. The van der Waals surface area contributed by atoms with Gasteiger partial charge in [-0.3, -0.25) is 4.79 Å². The maximum absolute atomic E-state index is 11.9. The van der Waals surface area contributed by atoms with Crippen molar-refractivity contribution in [2.24, 2.45) is 0 Å². The van der Waals surface area contributed by atoms with Crippen molar-refractivity contribution < 1.29 is 15.0 Å². The number of rotatable bonds is 15. The van der Waals surface area contributed by atoms with Gasteiger partial charge in [0.25, 0.3) is 0 Å². The fourth-order valence-electron chi connectivity index (χ4n) is 2.45. The first-order valence-corrected chi connectivity index (χ1v) is 9.40. The van der Waals surface area contributed by atoms with Gasteiger partial charge in [-0.15, -0.1) is 0 Å². The molecule has 3 N–H and O–H groups in total. The molecule has 4 nitrogen and oxygen atoms in total. The minimum Gasteiger partial charge on any atom is -0.394 e. The van der Waals surface area contributed by atoms with Crippen LogP contribution in [0.5, 0.6) is 0 Å².